The van der Waals surface area contributed by atoms with Crippen LogP contribution in [0.15, 0.2) is 35.0 Å². The lowest BCUT2D eigenvalue weighted by molar-refractivity contribution is -0.152. The molecule has 5 rings (SSSR count). The summed E-state index contributed by atoms with van der Waals surface area (Å²) in [5.41, 5.74) is 2.42. The van der Waals surface area contributed by atoms with Crippen molar-refractivity contribution in [3.05, 3.63) is 56.2 Å². The molecule has 1 aromatic heterocycles. The Hall–Kier alpha value is -1.11. The number of piperidine rings is 1. The fourth-order valence-electron chi connectivity index (χ4n) is 5.79. The molecule has 0 amide bonds. The van der Waals surface area contributed by atoms with Crippen LogP contribution in [0.4, 0.5) is 0 Å². The van der Waals surface area contributed by atoms with Gasteiger partial charge in [-0.3, -0.25) is 4.79 Å². The van der Waals surface area contributed by atoms with Crippen LogP contribution in [0.5, 0.6) is 0 Å². The summed E-state index contributed by atoms with van der Waals surface area (Å²) in [6.45, 7) is 4.89. The number of nitrogens with one attached hydrogen (secondary N) is 1. The molecule has 4 heterocycles. The van der Waals surface area contributed by atoms with Crippen LogP contribution < -0.4 is 5.32 Å². The molecule has 2 atom stereocenters. The Labute approximate surface area is 197 Å². The van der Waals surface area contributed by atoms with E-state index in [1.54, 1.807) is 11.3 Å². The number of hydrogen-bond acceptors (Lipinski definition) is 5. The molecule has 0 unspecified atom stereocenters. The zero-order valence-corrected chi connectivity index (χ0v) is 19.9. The fourth-order valence-corrected chi connectivity index (χ4v) is 6.98. The van der Waals surface area contributed by atoms with Gasteiger partial charge in [-0.05, 0) is 65.8 Å². The van der Waals surface area contributed by atoms with Gasteiger partial charge in [0, 0.05) is 60.5 Å². The Morgan fingerprint density at radius 1 is 1.19 bits per heavy atom. The number of rotatable bonds is 5. The maximum Gasteiger partial charge on any atom is 0.306 e. The molecule has 0 radical (unpaired) electrons. The molecule has 4 nitrogen and oxygen atoms in total. The first kappa shape index (κ1) is 21.7. The number of thiophene rings is 1. The van der Waals surface area contributed by atoms with Crippen molar-refractivity contribution >= 4 is 40.5 Å². The molecule has 2 aromatic rings. The number of nitrogens with zero attached hydrogens (tertiary/aromatic N) is 1. The van der Waals surface area contributed by atoms with Crippen molar-refractivity contribution in [1.82, 2.24) is 10.2 Å². The lowest BCUT2D eigenvalue weighted by Gasteiger charge is -2.44. The van der Waals surface area contributed by atoms with E-state index in [1.165, 1.54) is 5.56 Å². The third-order valence-corrected chi connectivity index (χ3v) is 8.78. The van der Waals surface area contributed by atoms with Crippen molar-refractivity contribution < 1.29 is 9.53 Å². The van der Waals surface area contributed by atoms with E-state index in [9.17, 15) is 4.79 Å². The fraction of sp³-hybridized carbons (Fsp3) is 0.542. The Morgan fingerprint density at radius 3 is 2.71 bits per heavy atom. The highest BCUT2D eigenvalue weighted by Gasteiger charge is 2.48. The minimum Gasteiger partial charge on any atom is -0.459 e. The van der Waals surface area contributed by atoms with Gasteiger partial charge in [0.1, 0.15) is 5.60 Å². The van der Waals surface area contributed by atoms with Crippen LogP contribution in [-0.4, -0.2) is 49.2 Å². The summed E-state index contributed by atoms with van der Waals surface area (Å²) >= 11 is 14.5. The van der Waals surface area contributed by atoms with Crippen molar-refractivity contribution in [2.75, 3.05) is 32.7 Å². The summed E-state index contributed by atoms with van der Waals surface area (Å²) in [5.74, 6) is 0.408. The number of likely N-dealkylation sites (tertiary alicyclic amines) is 1. The molecule has 0 saturated carbocycles. The van der Waals surface area contributed by atoms with Gasteiger partial charge in [0.2, 0.25) is 0 Å². The van der Waals surface area contributed by atoms with Gasteiger partial charge < -0.3 is 15.0 Å². The minimum atomic E-state index is -0.207. The molecule has 166 valence electrons. The van der Waals surface area contributed by atoms with Gasteiger partial charge >= 0.3 is 5.97 Å². The second-order valence-corrected chi connectivity index (χ2v) is 11.1. The van der Waals surface area contributed by atoms with E-state index in [2.05, 4.69) is 33.1 Å². The number of ether oxygens (including phenoxy) is 1. The van der Waals surface area contributed by atoms with E-state index in [0.29, 0.717) is 17.4 Å². The summed E-state index contributed by atoms with van der Waals surface area (Å²) < 4.78 is 5.73. The molecule has 0 aliphatic carbocycles. The van der Waals surface area contributed by atoms with Crippen molar-refractivity contribution in [2.45, 2.75) is 43.6 Å². The van der Waals surface area contributed by atoms with Gasteiger partial charge in [0.15, 0.2) is 0 Å². The monoisotopic (exact) mass is 478 g/mol. The van der Waals surface area contributed by atoms with Crippen molar-refractivity contribution in [1.29, 1.82) is 0 Å². The van der Waals surface area contributed by atoms with Gasteiger partial charge in [-0.15, -0.1) is 0 Å². The predicted molar refractivity (Wildman–Crippen MR) is 126 cm³/mol. The average Bonchev–Trinajstić information content (AvgIpc) is 3.47. The maximum atomic E-state index is 11.7. The number of halogens is 2. The topological polar surface area (TPSA) is 41.6 Å². The first-order valence-electron chi connectivity index (χ1n) is 11.1. The molecule has 0 bridgehead atoms. The Bertz CT molecular complexity index is 943. The van der Waals surface area contributed by atoms with E-state index in [-0.39, 0.29) is 17.0 Å². The first-order chi connectivity index (χ1) is 15.0. The van der Waals surface area contributed by atoms with Crippen molar-refractivity contribution in [3.8, 4) is 0 Å². The molecule has 31 heavy (non-hydrogen) atoms. The summed E-state index contributed by atoms with van der Waals surface area (Å²) in [5, 5.41) is 9.57. The molecule has 7 heteroatoms. The molecule has 3 aliphatic rings. The molecule has 3 fully saturated rings. The van der Waals surface area contributed by atoms with Crippen LogP contribution in [-0.2, 0) is 16.0 Å². The van der Waals surface area contributed by atoms with Gasteiger partial charge in [-0.25, -0.2) is 0 Å². The third-order valence-electron chi connectivity index (χ3n) is 7.49. The zero-order valence-electron chi connectivity index (χ0n) is 17.5. The van der Waals surface area contributed by atoms with Gasteiger partial charge in [0.25, 0.3) is 0 Å². The highest BCUT2D eigenvalue weighted by molar-refractivity contribution is 7.08. The predicted octanol–water partition coefficient (Wildman–Crippen LogP) is 5.14. The minimum absolute atomic E-state index is 0.0279. The van der Waals surface area contributed by atoms with E-state index in [4.69, 9.17) is 27.9 Å². The van der Waals surface area contributed by atoms with Crippen LogP contribution in [0.2, 0.25) is 10.0 Å². The largest absolute Gasteiger partial charge is 0.459 e. The Balaban J connectivity index is 1.39. The highest BCUT2D eigenvalue weighted by atomic mass is 35.5. The Morgan fingerprint density at radius 2 is 2.03 bits per heavy atom. The van der Waals surface area contributed by atoms with Crippen molar-refractivity contribution in [3.63, 3.8) is 0 Å². The molecule has 1 N–H and O–H groups in total. The molecule has 1 aromatic carbocycles. The third kappa shape index (κ3) is 4.40. The van der Waals surface area contributed by atoms with Crippen LogP contribution in [0.1, 0.15) is 42.7 Å². The number of benzene rings is 1. The number of carbonyl (C=O) groups is 1. The number of hydrogen-bond donors (Lipinski definition) is 1. The van der Waals surface area contributed by atoms with Gasteiger partial charge in [-0.1, -0.05) is 29.3 Å². The normalized spacial score (nSPS) is 28.3. The standard InChI is InChI=1S/C24H28Cl2N2O2S/c25-19-2-1-17(21(26)11-19)12-23(15-27-13-20(23)18-4-10-31-14-18)16-28-8-6-24(7-9-28)5-3-22(29)30-24/h1-2,4,10-11,14,20,27H,3,5-9,12-13,15-16H2/t20-,23+/m1/s1. The van der Waals surface area contributed by atoms with Crippen LogP contribution >= 0.6 is 34.5 Å². The van der Waals surface area contributed by atoms with Crippen LogP contribution in [0.3, 0.4) is 0 Å². The number of esters is 1. The smallest absolute Gasteiger partial charge is 0.306 e. The highest BCUT2D eigenvalue weighted by Crippen LogP contribution is 2.45. The zero-order chi connectivity index (χ0) is 21.5. The van der Waals surface area contributed by atoms with Crippen LogP contribution in [0, 0.1) is 5.41 Å². The summed E-state index contributed by atoms with van der Waals surface area (Å²) in [7, 11) is 0. The Kier molecular flexibility index (Phi) is 6.08. The molecular weight excluding hydrogens is 451 g/mol. The van der Waals surface area contributed by atoms with E-state index in [0.717, 1.165) is 69.0 Å². The molecule has 3 aliphatic heterocycles. The summed E-state index contributed by atoms with van der Waals surface area (Å²) in [6.07, 6.45) is 4.24. The van der Waals surface area contributed by atoms with Gasteiger partial charge in [0.05, 0.1) is 0 Å². The number of carbonyl (C=O) groups excluding carboxylic acids is 1. The quantitative estimate of drug-likeness (QED) is 0.603. The molecule has 3 saturated heterocycles. The van der Waals surface area contributed by atoms with Crippen LogP contribution in [0.25, 0.3) is 0 Å². The summed E-state index contributed by atoms with van der Waals surface area (Å²) in [6, 6.07) is 8.15. The second kappa shape index (κ2) is 8.68. The SMILES string of the molecule is O=C1CCC2(CCN(C[C@]3(Cc4ccc(Cl)cc4Cl)CNC[C@@H]3c3ccsc3)CC2)O1. The van der Waals surface area contributed by atoms with E-state index >= 15 is 0 Å². The van der Waals surface area contributed by atoms with E-state index in [1.807, 2.05) is 12.1 Å². The van der Waals surface area contributed by atoms with Gasteiger partial charge in [-0.2, -0.15) is 11.3 Å². The lowest BCUT2D eigenvalue weighted by Crippen LogP contribution is -2.50. The van der Waals surface area contributed by atoms with Crippen molar-refractivity contribution in [2.24, 2.45) is 5.41 Å². The lowest BCUT2D eigenvalue weighted by atomic mass is 9.70. The average molecular weight is 479 g/mol. The summed E-state index contributed by atoms with van der Waals surface area (Å²) in [4.78, 5) is 14.3. The molecule has 1 spiro atoms. The maximum absolute atomic E-state index is 11.7. The molecular formula is C24H28Cl2N2O2S. The van der Waals surface area contributed by atoms with E-state index < -0.39 is 0 Å². The first-order valence-corrected chi connectivity index (χ1v) is 12.8. The second-order valence-electron chi connectivity index (χ2n) is 9.45.